The van der Waals surface area contributed by atoms with Gasteiger partial charge in [0.25, 0.3) is 0 Å². The lowest BCUT2D eigenvalue weighted by Gasteiger charge is -2.18. The highest BCUT2D eigenvalue weighted by Crippen LogP contribution is 2.26. The third-order valence-corrected chi connectivity index (χ3v) is 3.34. The number of carboxylic acid groups (broad SMARTS) is 1. The van der Waals surface area contributed by atoms with Crippen molar-refractivity contribution in [1.29, 1.82) is 0 Å². The van der Waals surface area contributed by atoms with Gasteiger partial charge in [0, 0.05) is 12.4 Å². The van der Waals surface area contributed by atoms with Gasteiger partial charge in [0.1, 0.15) is 16.9 Å². The summed E-state index contributed by atoms with van der Waals surface area (Å²) in [5, 5.41) is 12.5. The van der Waals surface area contributed by atoms with Crippen LogP contribution in [0.15, 0.2) is 28.7 Å². The van der Waals surface area contributed by atoms with E-state index >= 15 is 0 Å². The van der Waals surface area contributed by atoms with Gasteiger partial charge in [0.05, 0.1) is 13.1 Å². The SMILES string of the molecule is CCN(CC(=O)NC)Cc1oc2ccccc2c1C(=O)O. The molecule has 2 rings (SSSR count). The van der Waals surface area contributed by atoms with E-state index < -0.39 is 5.97 Å². The first-order chi connectivity index (χ1) is 10.1. The molecule has 0 bridgehead atoms. The molecule has 0 aliphatic heterocycles. The average molecular weight is 290 g/mol. The summed E-state index contributed by atoms with van der Waals surface area (Å²) in [5.41, 5.74) is 0.710. The molecule has 6 nitrogen and oxygen atoms in total. The van der Waals surface area contributed by atoms with Gasteiger partial charge < -0.3 is 14.8 Å². The number of likely N-dealkylation sites (N-methyl/N-ethyl adjacent to an activating group) is 2. The van der Waals surface area contributed by atoms with Crippen molar-refractivity contribution >= 4 is 22.8 Å². The van der Waals surface area contributed by atoms with Gasteiger partial charge in [0.2, 0.25) is 5.91 Å². The van der Waals surface area contributed by atoms with E-state index in [2.05, 4.69) is 5.32 Å². The summed E-state index contributed by atoms with van der Waals surface area (Å²) >= 11 is 0. The number of carboxylic acids is 1. The van der Waals surface area contributed by atoms with E-state index in [0.29, 0.717) is 23.3 Å². The molecule has 0 atom stereocenters. The zero-order valence-electron chi connectivity index (χ0n) is 12.0. The number of aromatic carboxylic acids is 1. The highest BCUT2D eigenvalue weighted by Gasteiger charge is 2.22. The largest absolute Gasteiger partial charge is 0.478 e. The maximum atomic E-state index is 11.5. The van der Waals surface area contributed by atoms with Gasteiger partial charge in [-0.15, -0.1) is 0 Å². The second-order valence-electron chi connectivity index (χ2n) is 4.68. The molecule has 0 saturated heterocycles. The van der Waals surface area contributed by atoms with Crippen LogP contribution in [0.2, 0.25) is 0 Å². The molecule has 2 N–H and O–H groups in total. The summed E-state index contributed by atoms with van der Waals surface area (Å²) in [7, 11) is 1.57. The van der Waals surface area contributed by atoms with Crippen LogP contribution in [0.25, 0.3) is 11.0 Å². The van der Waals surface area contributed by atoms with E-state index in [9.17, 15) is 14.7 Å². The first kappa shape index (κ1) is 15.1. The number of para-hydroxylation sites is 1. The number of nitrogens with one attached hydrogen (secondary N) is 1. The third kappa shape index (κ3) is 3.22. The van der Waals surface area contributed by atoms with Crippen LogP contribution >= 0.6 is 0 Å². The van der Waals surface area contributed by atoms with Crippen LogP contribution in [0.1, 0.15) is 23.0 Å². The Morgan fingerprint density at radius 2 is 2.05 bits per heavy atom. The summed E-state index contributed by atoms with van der Waals surface area (Å²) in [6, 6.07) is 7.03. The molecule has 0 spiro atoms. The second-order valence-corrected chi connectivity index (χ2v) is 4.68. The fourth-order valence-corrected chi connectivity index (χ4v) is 2.21. The molecular weight excluding hydrogens is 272 g/mol. The van der Waals surface area contributed by atoms with Crippen LogP contribution < -0.4 is 5.32 Å². The van der Waals surface area contributed by atoms with E-state index in [0.717, 1.165) is 0 Å². The minimum absolute atomic E-state index is 0.121. The number of fused-ring (bicyclic) bond motifs is 1. The molecule has 0 aliphatic carbocycles. The Morgan fingerprint density at radius 3 is 2.67 bits per heavy atom. The molecule has 0 saturated carbocycles. The number of nitrogens with zero attached hydrogens (tertiary/aromatic N) is 1. The Balaban J connectivity index is 2.34. The normalized spacial score (nSPS) is 11.0. The Kier molecular flexibility index (Phi) is 4.59. The van der Waals surface area contributed by atoms with Crippen molar-refractivity contribution in [1.82, 2.24) is 10.2 Å². The van der Waals surface area contributed by atoms with Crippen molar-refractivity contribution in [3.8, 4) is 0 Å². The Morgan fingerprint density at radius 1 is 1.33 bits per heavy atom. The molecule has 112 valence electrons. The van der Waals surface area contributed by atoms with Crippen molar-refractivity contribution in [2.45, 2.75) is 13.5 Å². The first-order valence-electron chi connectivity index (χ1n) is 6.73. The standard InChI is InChI=1S/C15H18N2O4/c1-3-17(9-13(18)16-2)8-12-14(15(19)20)10-6-4-5-7-11(10)21-12/h4-7H,3,8-9H2,1-2H3,(H,16,18)(H,19,20). The van der Waals surface area contributed by atoms with Crippen molar-refractivity contribution in [3.05, 3.63) is 35.6 Å². The van der Waals surface area contributed by atoms with Crippen LogP contribution in [0, 0.1) is 0 Å². The number of hydrogen-bond acceptors (Lipinski definition) is 4. The topological polar surface area (TPSA) is 82.8 Å². The summed E-state index contributed by atoms with van der Waals surface area (Å²) in [4.78, 5) is 24.8. The Hall–Kier alpha value is -2.34. The minimum atomic E-state index is -1.02. The molecular formula is C15H18N2O4. The maximum Gasteiger partial charge on any atom is 0.339 e. The van der Waals surface area contributed by atoms with Crippen molar-refractivity contribution in [2.24, 2.45) is 0 Å². The number of furan rings is 1. The molecule has 1 heterocycles. The lowest BCUT2D eigenvalue weighted by molar-refractivity contribution is -0.121. The predicted octanol–water partition coefficient (Wildman–Crippen LogP) is 1.70. The van der Waals surface area contributed by atoms with Crippen LogP contribution in [-0.4, -0.2) is 42.0 Å². The molecule has 21 heavy (non-hydrogen) atoms. The zero-order valence-corrected chi connectivity index (χ0v) is 12.0. The highest BCUT2D eigenvalue weighted by molar-refractivity contribution is 6.03. The highest BCUT2D eigenvalue weighted by atomic mass is 16.4. The van der Waals surface area contributed by atoms with Crippen molar-refractivity contribution in [2.75, 3.05) is 20.1 Å². The van der Waals surface area contributed by atoms with Gasteiger partial charge in [-0.3, -0.25) is 9.69 Å². The van der Waals surface area contributed by atoms with Gasteiger partial charge >= 0.3 is 5.97 Å². The van der Waals surface area contributed by atoms with Crippen LogP contribution in [0.4, 0.5) is 0 Å². The van der Waals surface area contributed by atoms with Gasteiger partial charge in [-0.25, -0.2) is 4.79 Å². The van der Waals surface area contributed by atoms with Gasteiger partial charge in [-0.05, 0) is 12.6 Å². The fourth-order valence-electron chi connectivity index (χ4n) is 2.21. The van der Waals surface area contributed by atoms with Gasteiger partial charge in [-0.2, -0.15) is 0 Å². The molecule has 1 aromatic heterocycles. The summed E-state index contributed by atoms with van der Waals surface area (Å²) < 4.78 is 5.65. The number of amides is 1. The fraction of sp³-hybridized carbons (Fsp3) is 0.333. The summed E-state index contributed by atoms with van der Waals surface area (Å²) in [6.45, 7) is 3.00. The number of hydrogen-bond donors (Lipinski definition) is 2. The molecule has 0 unspecified atom stereocenters. The van der Waals surface area contributed by atoms with Crippen LogP contribution in [0.3, 0.4) is 0 Å². The molecule has 1 amide bonds. The monoisotopic (exact) mass is 290 g/mol. The molecule has 0 radical (unpaired) electrons. The maximum absolute atomic E-state index is 11.5. The van der Waals surface area contributed by atoms with Crippen LogP contribution in [0.5, 0.6) is 0 Å². The van der Waals surface area contributed by atoms with Crippen LogP contribution in [-0.2, 0) is 11.3 Å². The number of rotatable bonds is 6. The molecule has 0 aliphatic rings. The van der Waals surface area contributed by atoms with Crippen molar-refractivity contribution < 1.29 is 19.1 Å². The molecule has 0 fully saturated rings. The van der Waals surface area contributed by atoms with E-state index in [1.807, 2.05) is 11.8 Å². The summed E-state index contributed by atoms with van der Waals surface area (Å²) in [5.74, 6) is -0.773. The Bertz CT molecular complexity index is 663. The Labute approximate surface area is 122 Å². The van der Waals surface area contributed by atoms with E-state index in [1.165, 1.54) is 0 Å². The number of carbonyl (C=O) groups excluding carboxylic acids is 1. The lowest BCUT2D eigenvalue weighted by Crippen LogP contribution is -2.35. The molecule has 2 aromatic rings. The number of benzene rings is 1. The van der Waals surface area contributed by atoms with E-state index in [4.69, 9.17) is 4.42 Å². The smallest absolute Gasteiger partial charge is 0.339 e. The quantitative estimate of drug-likeness (QED) is 0.846. The minimum Gasteiger partial charge on any atom is -0.478 e. The van der Waals surface area contributed by atoms with E-state index in [1.54, 1.807) is 31.3 Å². The zero-order chi connectivity index (χ0) is 15.4. The van der Waals surface area contributed by atoms with Crippen molar-refractivity contribution in [3.63, 3.8) is 0 Å². The van der Waals surface area contributed by atoms with Gasteiger partial charge in [-0.1, -0.05) is 25.1 Å². The molecule has 1 aromatic carbocycles. The molecule has 6 heteroatoms. The summed E-state index contributed by atoms with van der Waals surface area (Å²) in [6.07, 6.45) is 0. The van der Waals surface area contributed by atoms with Gasteiger partial charge in [0.15, 0.2) is 0 Å². The van der Waals surface area contributed by atoms with E-state index in [-0.39, 0.29) is 24.6 Å². The number of carbonyl (C=O) groups is 2. The second kappa shape index (κ2) is 6.41. The average Bonchev–Trinajstić information content (AvgIpc) is 2.84. The third-order valence-electron chi connectivity index (χ3n) is 3.34. The lowest BCUT2D eigenvalue weighted by atomic mass is 10.1. The predicted molar refractivity (Wildman–Crippen MR) is 78.2 cm³/mol. The first-order valence-corrected chi connectivity index (χ1v) is 6.73.